The van der Waals surface area contributed by atoms with Gasteiger partial charge in [0, 0.05) is 12.4 Å². The monoisotopic (exact) mass is 208 g/mol. The maximum absolute atomic E-state index is 5.43. The molecule has 0 fully saturated rings. The molecule has 4 nitrogen and oxygen atoms in total. The lowest BCUT2D eigenvalue weighted by molar-refractivity contribution is 0.742. The lowest BCUT2D eigenvalue weighted by Gasteiger charge is -1.92. The van der Waals surface area contributed by atoms with E-state index < -0.39 is 0 Å². The molecule has 2 aromatic heterocycles. The van der Waals surface area contributed by atoms with Gasteiger partial charge in [-0.15, -0.1) is 0 Å². The van der Waals surface area contributed by atoms with E-state index in [1.165, 1.54) is 0 Å². The first-order chi connectivity index (χ1) is 6.90. The molecule has 2 aromatic rings. The van der Waals surface area contributed by atoms with Gasteiger partial charge in [-0.25, -0.2) is 15.0 Å². The summed E-state index contributed by atoms with van der Waals surface area (Å²) < 4.78 is 0. The van der Waals surface area contributed by atoms with Crippen molar-refractivity contribution in [3.8, 4) is 0 Å². The molecular formula is C9H12N4S. The van der Waals surface area contributed by atoms with Crippen LogP contribution in [0.4, 0.5) is 0 Å². The first-order valence-corrected chi connectivity index (χ1v) is 5.48. The number of hydrogen-bond donors (Lipinski definition) is 1. The molecule has 0 aliphatic heterocycles. The number of fused-ring (bicyclic) bond motifs is 1. The Bertz CT molecular complexity index is 379. The molecule has 74 valence electrons. The van der Waals surface area contributed by atoms with Crippen LogP contribution in [0.25, 0.3) is 10.5 Å². The van der Waals surface area contributed by atoms with Crippen LogP contribution in [-0.2, 0) is 6.42 Å². The van der Waals surface area contributed by atoms with Crippen molar-refractivity contribution >= 4 is 21.8 Å². The summed E-state index contributed by atoms with van der Waals surface area (Å²) in [6.07, 6.45) is 6.50. The average Bonchev–Trinajstić information content (AvgIpc) is 2.60. The Balaban J connectivity index is 2.11. The molecule has 2 heterocycles. The quantitative estimate of drug-likeness (QED) is 0.771. The first-order valence-electron chi connectivity index (χ1n) is 4.66. The second-order valence-corrected chi connectivity index (χ2v) is 4.10. The second kappa shape index (κ2) is 4.43. The molecule has 0 bridgehead atoms. The zero-order valence-electron chi connectivity index (χ0n) is 7.81. The summed E-state index contributed by atoms with van der Waals surface area (Å²) in [7, 11) is 0. The van der Waals surface area contributed by atoms with Crippen LogP contribution >= 0.6 is 11.3 Å². The van der Waals surface area contributed by atoms with Crippen LogP contribution in [-0.4, -0.2) is 21.5 Å². The van der Waals surface area contributed by atoms with Crippen LogP contribution in [0.2, 0.25) is 0 Å². The molecule has 0 aliphatic carbocycles. The van der Waals surface area contributed by atoms with Gasteiger partial charge in [-0.05, 0) is 25.8 Å². The van der Waals surface area contributed by atoms with Gasteiger partial charge in [-0.3, -0.25) is 0 Å². The van der Waals surface area contributed by atoms with Crippen molar-refractivity contribution in [1.82, 2.24) is 15.0 Å². The fourth-order valence-electron chi connectivity index (χ4n) is 1.25. The summed E-state index contributed by atoms with van der Waals surface area (Å²) in [6, 6.07) is 0. The minimum atomic E-state index is 0.751. The number of thiazole rings is 1. The van der Waals surface area contributed by atoms with E-state index in [1.807, 2.05) is 0 Å². The predicted octanol–water partition coefficient (Wildman–Crippen LogP) is 1.37. The van der Waals surface area contributed by atoms with Crippen LogP contribution < -0.4 is 5.73 Å². The number of unbranched alkanes of at least 4 members (excludes halogenated alkanes) is 1. The highest BCUT2D eigenvalue weighted by Gasteiger charge is 2.04. The maximum atomic E-state index is 5.43. The third-order valence-electron chi connectivity index (χ3n) is 1.94. The Labute approximate surface area is 86.2 Å². The standard InChI is InChI=1S/C9H12N4S/c10-4-2-1-3-7-13-8-9(14-7)12-6-5-11-8/h5-6H,1-4,10H2. The first kappa shape index (κ1) is 9.48. The molecular weight excluding hydrogens is 196 g/mol. The smallest absolute Gasteiger partial charge is 0.189 e. The van der Waals surface area contributed by atoms with E-state index in [1.54, 1.807) is 23.7 Å². The number of aryl methyl sites for hydroxylation is 1. The molecule has 2 N–H and O–H groups in total. The Hall–Kier alpha value is -1.07. The normalized spacial score (nSPS) is 10.9. The zero-order valence-corrected chi connectivity index (χ0v) is 8.63. The molecule has 0 aromatic carbocycles. The van der Waals surface area contributed by atoms with E-state index in [0.717, 1.165) is 41.3 Å². The van der Waals surface area contributed by atoms with Crippen molar-refractivity contribution in [3.63, 3.8) is 0 Å². The third kappa shape index (κ3) is 2.05. The molecule has 0 atom stereocenters. The number of nitrogens with two attached hydrogens (primary N) is 1. The van der Waals surface area contributed by atoms with E-state index in [9.17, 15) is 0 Å². The van der Waals surface area contributed by atoms with Gasteiger partial charge < -0.3 is 5.73 Å². The van der Waals surface area contributed by atoms with Gasteiger partial charge in [0.2, 0.25) is 0 Å². The number of aromatic nitrogens is 3. The third-order valence-corrected chi connectivity index (χ3v) is 2.95. The highest BCUT2D eigenvalue weighted by atomic mass is 32.1. The fraction of sp³-hybridized carbons (Fsp3) is 0.444. The van der Waals surface area contributed by atoms with Crippen LogP contribution in [0.3, 0.4) is 0 Å². The minimum Gasteiger partial charge on any atom is -0.330 e. The van der Waals surface area contributed by atoms with Crippen LogP contribution in [0.1, 0.15) is 17.8 Å². The van der Waals surface area contributed by atoms with Crippen LogP contribution in [0.15, 0.2) is 12.4 Å². The van der Waals surface area contributed by atoms with Gasteiger partial charge in [-0.2, -0.15) is 0 Å². The average molecular weight is 208 g/mol. The Morgan fingerprint density at radius 1 is 1.21 bits per heavy atom. The largest absolute Gasteiger partial charge is 0.330 e. The molecule has 14 heavy (non-hydrogen) atoms. The van der Waals surface area contributed by atoms with E-state index in [2.05, 4.69) is 15.0 Å². The van der Waals surface area contributed by atoms with Gasteiger partial charge in [-0.1, -0.05) is 11.3 Å². The van der Waals surface area contributed by atoms with Crippen molar-refractivity contribution in [3.05, 3.63) is 17.4 Å². The second-order valence-electron chi connectivity index (χ2n) is 3.04. The number of rotatable bonds is 4. The molecule has 0 saturated heterocycles. The molecule has 0 radical (unpaired) electrons. The van der Waals surface area contributed by atoms with E-state index >= 15 is 0 Å². The van der Waals surface area contributed by atoms with Crippen LogP contribution in [0, 0.1) is 0 Å². The summed E-state index contributed by atoms with van der Waals surface area (Å²) in [5.41, 5.74) is 6.19. The molecule has 0 amide bonds. The summed E-state index contributed by atoms with van der Waals surface area (Å²) in [6.45, 7) is 0.751. The molecule has 2 rings (SSSR count). The summed E-state index contributed by atoms with van der Waals surface area (Å²) in [5, 5.41) is 1.11. The molecule has 0 spiro atoms. The summed E-state index contributed by atoms with van der Waals surface area (Å²) in [5.74, 6) is 0. The SMILES string of the molecule is NCCCCc1nc2nccnc2s1. The Morgan fingerprint density at radius 3 is 2.86 bits per heavy atom. The van der Waals surface area contributed by atoms with Gasteiger partial charge in [0.1, 0.15) is 0 Å². The van der Waals surface area contributed by atoms with Crippen molar-refractivity contribution < 1.29 is 0 Å². The number of hydrogen-bond acceptors (Lipinski definition) is 5. The zero-order chi connectivity index (χ0) is 9.80. The maximum Gasteiger partial charge on any atom is 0.189 e. The Morgan fingerprint density at radius 2 is 2.07 bits per heavy atom. The van der Waals surface area contributed by atoms with E-state index in [-0.39, 0.29) is 0 Å². The lowest BCUT2D eigenvalue weighted by Crippen LogP contribution is -1.98. The molecule has 0 unspecified atom stereocenters. The highest BCUT2D eigenvalue weighted by molar-refractivity contribution is 7.18. The van der Waals surface area contributed by atoms with E-state index in [0.29, 0.717) is 0 Å². The molecule has 5 heteroatoms. The summed E-state index contributed by atoms with van der Waals surface area (Å²) in [4.78, 5) is 13.7. The van der Waals surface area contributed by atoms with Gasteiger partial charge in [0.05, 0.1) is 5.01 Å². The van der Waals surface area contributed by atoms with Gasteiger partial charge in [0.25, 0.3) is 0 Å². The van der Waals surface area contributed by atoms with Crippen molar-refractivity contribution in [2.24, 2.45) is 5.73 Å². The fourth-order valence-corrected chi connectivity index (χ4v) is 2.15. The highest BCUT2D eigenvalue weighted by Crippen LogP contribution is 2.18. The lowest BCUT2D eigenvalue weighted by atomic mass is 10.2. The van der Waals surface area contributed by atoms with Gasteiger partial charge in [0.15, 0.2) is 10.5 Å². The summed E-state index contributed by atoms with van der Waals surface area (Å²) >= 11 is 1.62. The minimum absolute atomic E-state index is 0.751. The molecule has 0 aliphatic rings. The predicted molar refractivity (Wildman–Crippen MR) is 57.2 cm³/mol. The van der Waals surface area contributed by atoms with Gasteiger partial charge >= 0.3 is 0 Å². The Kier molecular flexibility index (Phi) is 3.00. The van der Waals surface area contributed by atoms with E-state index in [4.69, 9.17) is 5.73 Å². The van der Waals surface area contributed by atoms with Crippen molar-refractivity contribution in [2.45, 2.75) is 19.3 Å². The van der Waals surface area contributed by atoms with Crippen molar-refractivity contribution in [1.29, 1.82) is 0 Å². The van der Waals surface area contributed by atoms with Crippen LogP contribution in [0.5, 0.6) is 0 Å². The molecule has 0 saturated carbocycles. The topological polar surface area (TPSA) is 64.7 Å². The van der Waals surface area contributed by atoms with Crippen molar-refractivity contribution in [2.75, 3.05) is 6.54 Å². The number of nitrogens with zero attached hydrogens (tertiary/aromatic N) is 3.